The molecular formula is C25H48O4. The summed E-state index contributed by atoms with van der Waals surface area (Å²) in [6.07, 6.45) is 18.0. The highest BCUT2D eigenvalue weighted by molar-refractivity contribution is 5.93. The minimum absolute atomic E-state index is 0.193. The zero-order valence-corrected chi connectivity index (χ0v) is 19.7. The minimum atomic E-state index is -1.06. The fraction of sp³-hybridized carbons (Fsp3) is 0.920. The van der Waals surface area contributed by atoms with E-state index in [0.717, 1.165) is 44.4 Å². The highest BCUT2D eigenvalue weighted by Gasteiger charge is 2.28. The van der Waals surface area contributed by atoms with Gasteiger partial charge in [-0.1, -0.05) is 104 Å². The number of carbonyl (C=O) groups is 2. The van der Waals surface area contributed by atoms with E-state index in [9.17, 15) is 14.7 Å². The molecule has 4 heteroatoms. The molecular weight excluding hydrogens is 364 g/mol. The van der Waals surface area contributed by atoms with E-state index in [2.05, 4.69) is 20.8 Å². The Morgan fingerprint density at radius 1 is 0.690 bits per heavy atom. The van der Waals surface area contributed by atoms with Crippen molar-refractivity contribution in [3.8, 4) is 0 Å². The number of rotatable bonds is 20. The van der Waals surface area contributed by atoms with Crippen molar-refractivity contribution >= 4 is 11.9 Å². The van der Waals surface area contributed by atoms with Crippen LogP contribution in [-0.4, -0.2) is 23.1 Å². The summed E-state index contributed by atoms with van der Waals surface area (Å²) in [5, 5.41) is 9.25. The van der Waals surface area contributed by atoms with Crippen LogP contribution in [0.5, 0.6) is 0 Å². The quantitative estimate of drug-likeness (QED) is 0.127. The fourth-order valence-corrected chi connectivity index (χ4v) is 3.68. The smallest absolute Gasteiger partial charge is 0.320 e. The predicted octanol–water partition coefficient (Wildman–Crippen LogP) is 7.54. The summed E-state index contributed by atoms with van der Waals surface area (Å²) in [6, 6.07) is 0. The van der Waals surface area contributed by atoms with Gasteiger partial charge in [0.1, 0.15) is 0 Å². The maximum Gasteiger partial charge on any atom is 0.320 e. The van der Waals surface area contributed by atoms with Crippen molar-refractivity contribution < 1.29 is 19.4 Å². The van der Waals surface area contributed by atoms with Crippen LogP contribution in [0.15, 0.2) is 0 Å². The van der Waals surface area contributed by atoms with E-state index in [1.807, 2.05) is 6.92 Å². The number of aliphatic carboxylic acids is 1. The molecule has 0 rings (SSSR count). The molecule has 0 heterocycles. The third kappa shape index (κ3) is 17.5. The first-order chi connectivity index (χ1) is 13.9. The summed E-state index contributed by atoms with van der Waals surface area (Å²) in [5.41, 5.74) is 0. The molecule has 4 nitrogen and oxygen atoms in total. The SMILES string of the molecule is CCCCCC(C(=O)O)C(=O)OC(C)CCCCCCCCCCCCC(C)C. The molecule has 2 atom stereocenters. The van der Waals surface area contributed by atoms with Crippen molar-refractivity contribution in [2.75, 3.05) is 0 Å². The van der Waals surface area contributed by atoms with Gasteiger partial charge in [-0.2, -0.15) is 0 Å². The molecule has 0 amide bonds. The van der Waals surface area contributed by atoms with Crippen LogP contribution in [0, 0.1) is 11.8 Å². The van der Waals surface area contributed by atoms with Gasteiger partial charge in [-0.05, 0) is 32.1 Å². The summed E-state index contributed by atoms with van der Waals surface area (Å²) in [7, 11) is 0. The molecule has 0 aliphatic carbocycles. The number of carboxylic acids is 1. The van der Waals surface area contributed by atoms with Crippen molar-refractivity contribution in [1.82, 2.24) is 0 Å². The maximum atomic E-state index is 12.1. The van der Waals surface area contributed by atoms with Gasteiger partial charge in [-0.3, -0.25) is 9.59 Å². The Labute approximate surface area is 180 Å². The minimum Gasteiger partial charge on any atom is -0.481 e. The molecule has 0 saturated heterocycles. The van der Waals surface area contributed by atoms with Gasteiger partial charge >= 0.3 is 11.9 Å². The molecule has 172 valence electrons. The van der Waals surface area contributed by atoms with Crippen molar-refractivity contribution in [3.05, 3.63) is 0 Å². The second-order valence-electron chi connectivity index (χ2n) is 9.14. The van der Waals surface area contributed by atoms with Crippen LogP contribution in [0.3, 0.4) is 0 Å². The molecule has 29 heavy (non-hydrogen) atoms. The Morgan fingerprint density at radius 2 is 1.14 bits per heavy atom. The highest BCUT2D eigenvalue weighted by Crippen LogP contribution is 2.17. The van der Waals surface area contributed by atoms with Gasteiger partial charge in [-0.15, -0.1) is 0 Å². The Hall–Kier alpha value is -1.06. The van der Waals surface area contributed by atoms with Crippen LogP contribution in [0.25, 0.3) is 0 Å². The summed E-state index contributed by atoms with van der Waals surface area (Å²) in [6.45, 7) is 8.53. The standard InChI is InChI=1S/C25H48O4/c1-5-6-15-20-23(24(26)27)25(28)29-22(4)19-17-14-12-10-8-7-9-11-13-16-18-21(2)3/h21-23H,5-20H2,1-4H3,(H,26,27). The Morgan fingerprint density at radius 3 is 1.59 bits per heavy atom. The third-order valence-corrected chi connectivity index (χ3v) is 5.64. The fourth-order valence-electron chi connectivity index (χ4n) is 3.68. The maximum absolute atomic E-state index is 12.1. The topological polar surface area (TPSA) is 63.6 Å². The molecule has 0 aromatic carbocycles. The van der Waals surface area contributed by atoms with E-state index in [-0.39, 0.29) is 6.10 Å². The molecule has 0 fully saturated rings. The van der Waals surface area contributed by atoms with Crippen LogP contribution >= 0.6 is 0 Å². The van der Waals surface area contributed by atoms with E-state index >= 15 is 0 Å². The summed E-state index contributed by atoms with van der Waals surface area (Å²) < 4.78 is 5.39. The lowest BCUT2D eigenvalue weighted by Gasteiger charge is -2.17. The first-order valence-electron chi connectivity index (χ1n) is 12.3. The number of esters is 1. The normalized spacial score (nSPS) is 13.4. The lowest BCUT2D eigenvalue weighted by atomic mass is 10.0. The van der Waals surface area contributed by atoms with E-state index in [1.54, 1.807) is 0 Å². The van der Waals surface area contributed by atoms with E-state index < -0.39 is 17.9 Å². The summed E-state index contributed by atoms with van der Waals surface area (Å²) in [4.78, 5) is 23.4. The monoisotopic (exact) mass is 412 g/mol. The number of hydrogen-bond acceptors (Lipinski definition) is 3. The molecule has 0 aliphatic heterocycles. The largest absolute Gasteiger partial charge is 0.481 e. The van der Waals surface area contributed by atoms with Gasteiger partial charge in [0.05, 0.1) is 6.10 Å². The zero-order valence-electron chi connectivity index (χ0n) is 19.7. The lowest BCUT2D eigenvalue weighted by molar-refractivity contribution is -0.162. The molecule has 0 radical (unpaired) electrons. The number of carboxylic acid groups (broad SMARTS) is 1. The van der Waals surface area contributed by atoms with Crippen LogP contribution in [-0.2, 0) is 14.3 Å². The predicted molar refractivity (Wildman–Crippen MR) is 121 cm³/mol. The van der Waals surface area contributed by atoms with Crippen LogP contribution in [0.1, 0.15) is 130 Å². The van der Waals surface area contributed by atoms with Crippen LogP contribution in [0.2, 0.25) is 0 Å². The Kier molecular flexibility index (Phi) is 18.2. The highest BCUT2D eigenvalue weighted by atomic mass is 16.5. The number of unbranched alkanes of at least 4 members (excludes halogenated alkanes) is 11. The van der Waals surface area contributed by atoms with Crippen molar-refractivity contribution in [2.45, 2.75) is 137 Å². The van der Waals surface area contributed by atoms with Gasteiger partial charge in [0.25, 0.3) is 0 Å². The second-order valence-corrected chi connectivity index (χ2v) is 9.14. The van der Waals surface area contributed by atoms with Gasteiger partial charge in [0, 0.05) is 0 Å². The van der Waals surface area contributed by atoms with E-state index in [1.165, 1.54) is 57.8 Å². The van der Waals surface area contributed by atoms with Crippen molar-refractivity contribution in [2.24, 2.45) is 11.8 Å². The first kappa shape index (κ1) is 27.9. The molecule has 2 unspecified atom stereocenters. The molecule has 0 saturated carbocycles. The van der Waals surface area contributed by atoms with E-state index in [0.29, 0.717) is 6.42 Å². The van der Waals surface area contributed by atoms with Crippen LogP contribution < -0.4 is 0 Å². The summed E-state index contributed by atoms with van der Waals surface area (Å²) in [5.74, 6) is -1.78. The summed E-state index contributed by atoms with van der Waals surface area (Å²) >= 11 is 0. The molecule has 0 aromatic heterocycles. The van der Waals surface area contributed by atoms with Gasteiger partial charge in [-0.25, -0.2) is 0 Å². The molecule has 0 aromatic rings. The Bertz CT molecular complexity index is 406. The van der Waals surface area contributed by atoms with Crippen molar-refractivity contribution in [1.29, 1.82) is 0 Å². The molecule has 1 N–H and O–H groups in total. The molecule has 0 bridgehead atoms. The first-order valence-corrected chi connectivity index (χ1v) is 12.3. The lowest BCUT2D eigenvalue weighted by Crippen LogP contribution is -2.28. The average molecular weight is 413 g/mol. The van der Waals surface area contributed by atoms with Gasteiger partial charge in [0.15, 0.2) is 5.92 Å². The Balaban J connectivity index is 3.64. The average Bonchev–Trinajstić information content (AvgIpc) is 2.65. The number of hydrogen-bond donors (Lipinski definition) is 1. The van der Waals surface area contributed by atoms with E-state index in [4.69, 9.17) is 4.74 Å². The van der Waals surface area contributed by atoms with Crippen molar-refractivity contribution in [3.63, 3.8) is 0 Å². The van der Waals surface area contributed by atoms with Gasteiger partial charge < -0.3 is 9.84 Å². The second kappa shape index (κ2) is 18.9. The molecule has 0 aliphatic rings. The third-order valence-electron chi connectivity index (χ3n) is 5.64. The van der Waals surface area contributed by atoms with Gasteiger partial charge in [0.2, 0.25) is 0 Å². The zero-order chi connectivity index (χ0) is 21.9. The molecule has 0 spiro atoms. The van der Waals surface area contributed by atoms with Crippen LogP contribution in [0.4, 0.5) is 0 Å². The number of carbonyl (C=O) groups excluding carboxylic acids is 1. The number of ether oxygens (including phenoxy) is 1.